The Balaban J connectivity index is 0.000000252. The highest BCUT2D eigenvalue weighted by Crippen LogP contribution is 2.45. The van der Waals surface area contributed by atoms with Gasteiger partial charge in [-0.2, -0.15) is 0 Å². The first kappa shape index (κ1) is 22.1. The molecule has 0 N–H and O–H groups in total. The Morgan fingerprint density at radius 1 is 0.724 bits per heavy atom. The number of aldehydes is 1. The fraction of sp³-hybridized carbons (Fsp3) is 0.179. The number of hydrogen-bond donors (Lipinski definition) is 0. The Morgan fingerprint density at radius 3 is 1.62 bits per heavy atom. The van der Waals surface area contributed by atoms with E-state index in [4.69, 9.17) is 0 Å². The van der Waals surface area contributed by atoms with Crippen molar-refractivity contribution in [1.29, 1.82) is 0 Å². The van der Waals surface area contributed by atoms with Crippen molar-refractivity contribution < 1.29 is 4.79 Å². The van der Waals surface area contributed by atoms with Crippen LogP contribution in [0.2, 0.25) is 0 Å². The van der Waals surface area contributed by atoms with Crippen molar-refractivity contribution in [3.8, 4) is 0 Å². The van der Waals surface area contributed by atoms with Crippen LogP contribution in [0.15, 0.2) is 91.5 Å². The topological polar surface area (TPSA) is 17.1 Å². The highest BCUT2D eigenvalue weighted by molar-refractivity contribution is 5.70. The summed E-state index contributed by atoms with van der Waals surface area (Å²) in [6.07, 6.45) is 8.15. The maximum atomic E-state index is 10.7. The van der Waals surface area contributed by atoms with Crippen molar-refractivity contribution in [2.24, 2.45) is 5.92 Å². The van der Waals surface area contributed by atoms with Crippen LogP contribution in [0.1, 0.15) is 48.4 Å². The number of benzene rings is 3. The SMILES string of the molecule is C=Cc1ccccc1.CC.O=CC1CC1c1ccc(/C=C/c2ccccc2)cc1. The Hall–Kier alpha value is -3.19. The molecule has 0 spiro atoms. The summed E-state index contributed by atoms with van der Waals surface area (Å²) in [6.45, 7) is 7.63. The zero-order valence-corrected chi connectivity index (χ0v) is 17.4. The predicted molar refractivity (Wildman–Crippen MR) is 127 cm³/mol. The van der Waals surface area contributed by atoms with Crippen LogP contribution in [0.5, 0.6) is 0 Å². The van der Waals surface area contributed by atoms with Crippen LogP contribution in [0, 0.1) is 5.92 Å². The van der Waals surface area contributed by atoms with Gasteiger partial charge in [-0.05, 0) is 34.6 Å². The second-order valence-corrected chi connectivity index (χ2v) is 6.67. The average Bonchev–Trinajstić information content (AvgIpc) is 3.61. The third-order valence-corrected chi connectivity index (χ3v) is 4.68. The van der Waals surface area contributed by atoms with Gasteiger partial charge >= 0.3 is 0 Å². The normalized spacial score (nSPS) is 16.6. The molecule has 1 nitrogen and oxygen atoms in total. The first-order valence-corrected chi connectivity index (χ1v) is 10.3. The van der Waals surface area contributed by atoms with Crippen LogP contribution in [0.4, 0.5) is 0 Å². The molecule has 0 saturated heterocycles. The molecule has 1 aliphatic rings. The van der Waals surface area contributed by atoms with Crippen LogP contribution < -0.4 is 0 Å². The first-order valence-electron chi connectivity index (χ1n) is 10.3. The van der Waals surface area contributed by atoms with Crippen molar-refractivity contribution in [1.82, 2.24) is 0 Å². The Kier molecular flexibility index (Phi) is 9.38. The summed E-state index contributed by atoms with van der Waals surface area (Å²) in [5.41, 5.74) is 4.85. The summed E-state index contributed by atoms with van der Waals surface area (Å²) < 4.78 is 0. The zero-order chi connectivity index (χ0) is 20.9. The molecule has 1 aliphatic carbocycles. The lowest BCUT2D eigenvalue weighted by Crippen LogP contribution is -1.84. The molecule has 2 atom stereocenters. The monoisotopic (exact) mass is 382 g/mol. The van der Waals surface area contributed by atoms with E-state index in [0.29, 0.717) is 5.92 Å². The van der Waals surface area contributed by atoms with Gasteiger partial charge in [0.05, 0.1) is 0 Å². The molecular formula is C28H30O. The van der Waals surface area contributed by atoms with E-state index in [0.717, 1.165) is 12.7 Å². The van der Waals surface area contributed by atoms with E-state index in [9.17, 15) is 4.79 Å². The molecule has 4 rings (SSSR count). The van der Waals surface area contributed by atoms with Crippen molar-refractivity contribution in [2.75, 3.05) is 0 Å². The van der Waals surface area contributed by atoms with Gasteiger partial charge in [-0.25, -0.2) is 0 Å². The molecule has 0 amide bonds. The van der Waals surface area contributed by atoms with Crippen LogP contribution in [-0.4, -0.2) is 6.29 Å². The summed E-state index contributed by atoms with van der Waals surface area (Å²) >= 11 is 0. The molecule has 1 saturated carbocycles. The number of hydrogen-bond acceptors (Lipinski definition) is 1. The van der Waals surface area contributed by atoms with E-state index in [1.54, 1.807) is 0 Å². The Labute approximate surface area is 175 Å². The van der Waals surface area contributed by atoms with Crippen LogP contribution in [0.3, 0.4) is 0 Å². The first-order chi connectivity index (χ1) is 14.3. The highest BCUT2D eigenvalue weighted by atomic mass is 16.1. The summed E-state index contributed by atoms with van der Waals surface area (Å²) in [4.78, 5) is 10.7. The Morgan fingerprint density at radius 2 is 1.21 bits per heavy atom. The van der Waals surface area contributed by atoms with E-state index >= 15 is 0 Å². The minimum Gasteiger partial charge on any atom is -0.303 e. The molecule has 0 heterocycles. The third kappa shape index (κ3) is 7.38. The number of carbonyl (C=O) groups is 1. The van der Waals surface area contributed by atoms with Crippen molar-refractivity contribution in [2.45, 2.75) is 26.2 Å². The molecule has 29 heavy (non-hydrogen) atoms. The van der Waals surface area contributed by atoms with Gasteiger partial charge in [0.25, 0.3) is 0 Å². The van der Waals surface area contributed by atoms with Gasteiger partial charge in [0.15, 0.2) is 0 Å². The lowest BCUT2D eigenvalue weighted by molar-refractivity contribution is -0.108. The average molecular weight is 383 g/mol. The van der Waals surface area contributed by atoms with Gasteiger partial charge in [-0.15, -0.1) is 0 Å². The van der Waals surface area contributed by atoms with E-state index in [1.807, 2.05) is 68.5 Å². The van der Waals surface area contributed by atoms with Crippen molar-refractivity contribution in [3.63, 3.8) is 0 Å². The minimum atomic E-state index is 0.255. The second kappa shape index (κ2) is 12.3. The molecule has 0 aliphatic heterocycles. The molecule has 0 aromatic heterocycles. The van der Waals surface area contributed by atoms with Gasteiger partial charge in [-0.1, -0.05) is 124 Å². The molecule has 3 aromatic rings. The van der Waals surface area contributed by atoms with Crippen LogP contribution in [-0.2, 0) is 4.79 Å². The van der Waals surface area contributed by atoms with Gasteiger partial charge < -0.3 is 4.79 Å². The Bertz CT molecular complexity index is 877. The third-order valence-electron chi connectivity index (χ3n) is 4.68. The molecule has 3 aromatic carbocycles. The van der Waals surface area contributed by atoms with Crippen LogP contribution >= 0.6 is 0 Å². The molecule has 2 unspecified atom stereocenters. The predicted octanol–water partition coefficient (Wildman–Crippen LogP) is 7.52. The van der Waals surface area contributed by atoms with Crippen LogP contribution in [0.25, 0.3) is 18.2 Å². The van der Waals surface area contributed by atoms with Gasteiger partial charge in [0, 0.05) is 5.92 Å². The maximum Gasteiger partial charge on any atom is 0.123 e. The van der Waals surface area contributed by atoms with E-state index in [1.165, 1.54) is 22.3 Å². The highest BCUT2D eigenvalue weighted by Gasteiger charge is 2.37. The molecule has 1 fully saturated rings. The number of carbonyl (C=O) groups excluding carboxylic acids is 1. The summed E-state index contributed by atoms with van der Waals surface area (Å²) in [5.74, 6) is 0.718. The maximum absolute atomic E-state index is 10.7. The molecule has 0 radical (unpaired) electrons. The lowest BCUT2D eigenvalue weighted by Gasteiger charge is -1.99. The standard InChI is InChI=1S/C18H16O.C8H8.C2H6/c19-13-17-12-18(17)16-10-8-15(9-11-16)7-6-14-4-2-1-3-5-14;1-2-8-6-4-3-5-7-8;1-2/h1-11,13,17-18H,12H2;2-7H,1H2;1-2H3/b7-6+;;. The fourth-order valence-electron chi connectivity index (χ4n) is 2.95. The van der Waals surface area contributed by atoms with Gasteiger partial charge in [0.1, 0.15) is 6.29 Å². The second-order valence-electron chi connectivity index (χ2n) is 6.67. The summed E-state index contributed by atoms with van der Waals surface area (Å²) in [6, 6.07) is 28.8. The van der Waals surface area contributed by atoms with E-state index < -0.39 is 0 Å². The largest absolute Gasteiger partial charge is 0.303 e. The molecule has 0 bridgehead atoms. The smallest absolute Gasteiger partial charge is 0.123 e. The summed E-state index contributed by atoms with van der Waals surface area (Å²) in [5, 5.41) is 0. The van der Waals surface area contributed by atoms with Crippen molar-refractivity contribution >= 4 is 24.5 Å². The van der Waals surface area contributed by atoms with E-state index in [2.05, 4.69) is 55.1 Å². The van der Waals surface area contributed by atoms with Crippen molar-refractivity contribution in [3.05, 3.63) is 114 Å². The van der Waals surface area contributed by atoms with E-state index in [-0.39, 0.29) is 5.92 Å². The summed E-state index contributed by atoms with van der Waals surface area (Å²) in [7, 11) is 0. The van der Waals surface area contributed by atoms with Gasteiger partial charge in [0.2, 0.25) is 0 Å². The molecule has 1 heteroatoms. The zero-order valence-electron chi connectivity index (χ0n) is 17.4. The number of rotatable bonds is 5. The minimum absolute atomic E-state index is 0.255. The molecule has 148 valence electrons. The lowest BCUT2D eigenvalue weighted by atomic mass is 10.1. The van der Waals surface area contributed by atoms with Gasteiger partial charge in [-0.3, -0.25) is 0 Å². The molecular weight excluding hydrogens is 352 g/mol. The quantitative estimate of drug-likeness (QED) is 0.329. The fourth-order valence-corrected chi connectivity index (χ4v) is 2.95.